The largest absolute Gasteiger partial charge is 0.399 e. The second-order valence-corrected chi connectivity index (χ2v) is 9.39. The van der Waals surface area contributed by atoms with Gasteiger partial charge in [-0.25, -0.2) is 0 Å². The summed E-state index contributed by atoms with van der Waals surface area (Å²) in [6, 6.07) is 32.8. The first-order valence-corrected chi connectivity index (χ1v) is 12.6. The molecule has 0 radical (unpaired) electrons. The summed E-state index contributed by atoms with van der Waals surface area (Å²) in [6.45, 7) is 2.16. The fourth-order valence-corrected chi connectivity index (χ4v) is 5.31. The minimum atomic E-state index is -0.137. The van der Waals surface area contributed by atoms with E-state index in [1.807, 2.05) is 66.7 Å². The number of anilines is 1. The zero-order chi connectivity index (χ0) is 25.5. The van der Waals surface area contributed by atoms with Crippen molar-refractivity contribution in [3.8, 4) is 28.2 Å². The lowest BCUT2D eigenvalue weighted by atomic mass is 9.82. The number of nitrogens with zero attached hydrogens (tertiary/aromatic N) is 1. The summed E-state index contributed by atoms with van der Waals surface area (Å²) in [5.74, 6) is -0.272. The van der Waals surface area contributed by atoms with Crippen molar-refractivity contribution in [2.75, 3.05) is 5.73 Å². The lowest BCUT2D eigenvalue weighted by molar-refractivity contribution is 0.0981. The Morgan fingerprint density at radius 2 is 1.14 bits per heavy atom. The summed E-state index contributed by atoms with van der Waals surface area (Å²) in [4.78, 5) is 28.2. The van der Waals surface area contributed by atoms with Crippen molar-refractivity contribution >= 4 is 17.3 Å². The van der Waals surface area contributed by atoms with E-state index < -0.39 is 0 Å². The van der Waals surface area contributed by atoms with Gasteiger partial charge >= 0.3 is 0 Å². The number of nitrogen functional groups attached to an aromatic ring is 1. The van der Waals surface area contributed by atoms with Crippen LogP contribution in [0.2, 0.25) is 0 Å². The first kappa shape index (κ1) is 22.7. The van der Waals surface area contributed by atoms with Crippen LogP contribution in [0, 0.1) is 0 Å². The maximum Gasteiger partial charge on any atom is 0.196 e. The van der Waals surface area contributed by atoms with Crippen LogP contribution >= 0.6 is 0 Å². The van der Waals surface area contributed by atoms with E-state index in [9.17, 15) is 9.59 Å². The molecule has 0 atom stereocenters. The van der Waals surface area contributed by atoms with Gasteiger partial charge in [-0.15, -0.1) is 0 Å². The number of aryl methyl sites for hydroxylation is 1. The molecule has 1 aliphatic carbocycles. The molecule has 5 aromatic rings. The van der Waals surface area contributed by atoms with Crippen molar-refractivity contribution in [2.24, 2.45) is 0 Å². The lowest BCUT2D eigenvalue weighted by Gasteiger charge is -2.16. The Bertz CT molecular complexity index is 1640. The van der Waals surface area contributed by atoms with Crippen LogP contribution < -0.4 is 5.73 Å². The predicted octanol–water partition coefficient (Wildman–Crippen LogP) is 7.12. The van der Waals surface area contributed by atoms with Crippen LogP contribution in [0.15, 0.2) is 103 Å². The quantitative estimate of drug-likeness (QED) is 0.266. The average molecular weight is 483 g/mol. The predicted molar refractivity (Wildman–Crippen MR) is 148 cm³/mol. The van der Waals surface area contributed by atoms with Gasteiger partial charge < -0.3 is 10.3 Å². The van der Waals surface area contributed by atoms with Crippen molar-refractivity contribution in [3.05, 3.63) is 131 Å². The molecule has 180 valence electrons. The topological polar surface area (TPSA) is 65.1 Å². The van der Waals surface area contributed by atoms with E-state index in [-0.39, 0.29) is 11.6 Å². The first-order chi connectivity index (χ1) is 18.1. The van der Waals surface area contributed by atoms with E-state index in [0.717, 1.165) is 35.3 Å². The number of fused-ring (bicyclic) bond motifs is 2. The van der Waals surface area contributed by atoms with Crippen LogP contribution in [-0.2, 0) is 6.42 Å². The van der Waals surface area contributed by atoms with E-state index in [4.69, 9.17) is 5.73 Å². The van der Waals surface area contributed by atoms with Crippen LogP contribution in [0.1, 0.15) is 50.8 Å². The normalized spacial score (nSPS) is 12.4. The number of carbonyl (C=O) groups is 2. The number of rotatable bonds is 5. The molecule has 0 aliphatic heterocycles. The van der Waals surface area contributed by atoms with Gasteiger partial charge in [0.25, 0.3) is 0 Å². The number of ketones is 2. The fraction of sp³-hybridized carbons (Fsp3) is 0.0909. The molecule has 2 N–H and O–H groups in total. The highest BCUT2D eigenvalue weighted by Crippen LogP contribution is 2.44. The third-order valence-corrected chi connectivity index (χ3v) is 7.01. The van der Waals surface area contributed by atoms with Gasteiger partial charge in [-0.3, -0.25) is 9.59 Å². The number of hydrogen-bond donors (Lipinski definition) is 1. The van der Waals surface area contributed by atoms with Gasteiger partial charge in [0, 0.05) is 22.5 Å². The number of carbonyl (C=O) groups excluding carboxylic acids is 2. The first-order valence-electron chi connectivity index (χ1n) is 12.6. The minimum absolute atomic E-state index is 0.135. The molecule has 0 saturated heterocycles. The molecular weight excluding hydrogens is 456 g/mol. The van der Waals surface area contributed by atoms with Gasteiger partial charge in [0.05, 0.1) is 22.5 Å². The maximum atomic E-state index is 14.1. The fourth-order valence-electron chi connectivity index (χ4n) is 5.31. The molecule has 1 aliphatic rings. The number of hydrogen-bond acceptors (Lipinski definition) is 3. The van der Waals surface area contributed by atoms with E-state index in [0.29, 0.717) is 33.6 Å². The molecular formula is C33H26N2O2. The van der Waals surface area contributed by atoms with E-state index >= 15 is 0 Å². The Morgan fingerprint density at radius 1 is 0.622 bits per heavy atom. The molecule has 0 saturated carbocycles. The Balaban J connectivity index is 1.75. The van der Waals surface area contributed by atoms with Crippen molar-refractivity contribution in [1.29, 1.82) is 0 Å². The molecule has 0 unspecified atom stereocenters. The van der Waals surface area contributed by atoms with Gasteiger partial charge in [0.2, 0.25) is 0 Å². The number of aromatic nitrogens is 1. The lowest BCUT2D eigenvalue weighted by Crippen LogP contribution is -2.20. The van der Waals surface area contributed by atoms with Crippen LogP contribution in [0.5, 0.6) is 0 Å². The molecule has 1 heterocycles. The molecule has 1 aromatic heterocycles. The molecule has 0 fully saturated rings. The van der Waals surface area contributed by atoms with Crippen molar-refractivity contribution in [1.82, 2.24) is 4.57 Å². The molecule has 4 aromatic carbocycles. The van der Waals surface area contributed by atoms with Gasteiger partial charge in [-0.05, 0) is 47.4 Å². The van der Waals surface area contributed by atoms with Crippen molar-refractivity contribution < 1.29 is 9.59 Å². The molecule has 0 bridgehead atoms. The average Bonchev–Trinajstić information content (AvgIpc) is 3.30. The second-order valence-electron chi connectivity index (χ2n) is 9.39. The third kappa shape index (κ3) is 3.69. The molecule has 4 nitrogen and oxygen atoms in total. The SMILES string of the molecule is CCCc1ccc(-c2c3c(c(-c4ccccc4)n2-c2ccc(N)cc2)C(=O)c2ccccc2C3=O)cc1. The number of benzene rings is 4. The van der Waals surface area contributed by atoms with Gasteiger partial charge in [-0.1, -0.05) is 92.2 Å². The molecule has 4 heteroatoms. The molecule has 37 heavy (non-hydrogen) atoms. The Morgan fingerprint density at radius 3 is 1.68 bits per heavy atom. The van der Waals surface area contributed by atoms with Gasteiger partial charge in [0.15, 0.2) is 11.6 Å². The molecule has 6 rings (SSSR count). The van der Waals surface area contributed by atoms with Crippen LogP contribution in [0.3, 0.4) is 0 Å². The van der Waals surface area contributed by atoms with Crippen molar-refractivity contribution in [2.45, 2.75) is 19.8 Å². The van der Waals surface area contributed by atoms with E-state index in [1.165, 1.54) is 5.56 Å². The van der Waals surface area contributed by atoms with E-state index in [1.54, 1.807) is 12.1 Å². The Hall–Kier alpha value is -4.70. The Labute approximate surface area is 216 Å². The standard InChI is InChI=1S/C33H26N2O2/c1-2-8-21-13-15-23(16-14-21)31-29-28(32(36)26-11-6-7-12-27(26)33(29)37)30(22-9-4-3-5-10-22)35(31)25-19-17-24(34)18-20-25/h3-7,9-20H,2,8,34H2,1H3. The highest BCUT2D eigenvalue weighted by atomic mass is 16.1. The van der Waals surface area contributed by atoms with Gasteiger partial charge in [-0.2, -0.15) is 0 Å². The van der Waals surface area contributed by atoms with Gasteiger partial charge in [0.1, 0.15) is 0 Å². The van der Waals surface area contributed by atoms with Crippen LogP contribution in [0.4, 0.5) is 5.69 Å². The molecule has 0 spiro atoms. The zero-order valence-electron chi connectivity index (χ0n) is 20.6. The highest BCUT2D eigenvalue weighted by Gasteiger charge is 2.39. The number of nitrogens with two attached hydrogens (primary N) is 1. The smallest absolute Gasteiger partial charge is 0.196 e. The third-order valence-electron chi connectivity index (χ3n) is 7.01. The summed E-state index contributed by atoms with van der Waals surface area (Å²) < 4.78 is 2.05. The summed E-state index contributed by atoms with van der Waals surface area (Å²) in [5, 5.41) is 0. The van der Waals surface area contributed by atoms with Crippen LogP contribution in [-0.4, -0.2) is 16.1 Å². The maximum absolute atomic E-state index is 14.1. The van der Waals surface area contributed by atoms with Crippen molar-refractivity contribution in [3.63, 3.8) is 0 Å². The minimum Gasteiger partial charge on any atom is -0.399 e. The summed E-state index contributed by atoms with van der Waals surface area (Å²) in [5.41, 5.74) is 13.7. The zero-order valence-corrected chi connectivity index (χ0v) is 20.6. The Kier molecular flexibility index (Phi) is 5.57. The van der Waals surface area contributed by atoms with Crippen LogP contribution in [0.25, 0.3) is 28.2 Å². The second kappa shape index (κ2) is 9.07. The van der Waals surface area contributed by atoms with E-state index in [2.05, 4.69) is 35.8 Å². The summed E-state index contributed by atoms with van der Waals surface area (Å²) in [6.07, 6.45) is 2.04. The summed E-state index contributed by atoms with van der Waals surface area (Å²) >= 11 is 0. The highest BCUT2D eigenvalue weighted by molar-refractivity contribution is 6.32. The molecule has 0 amide bonds. The monoisotopic (exact) mass is 482 g/mol. The summed E-state index contributed by atoms with van der Waals surface area (Å²) in [7, 11) is 0.